The van der Waals surface area contributed by atoms with Crippen molar-refractivity contribution in [3.63, 3.8) is 0 Å². The Bertz CT molecular complexity index is 1340. The van der Waals surface area contributed by atoms with Crippen LogP contribution in [-0.4, -0.2) is 43.0 Å². The van der Waals surface area contributed by atoms with Gasteiger partial charge in [0, 0.05) is 31.2 Å². The standard InChI is InChI=1S/C26H27F4N5O2/c1-32-23-18-11-17(14-4-7-16(21(27)10-14)24(36)33-9-3-2-8-31)20(26(28,29)30)12-22(18)34-13-19(23)25(37)35-15-5-6-15/h4,7,10-13,15H,2-3,5-6,8-9,31H2,1H3,(H,32,34)(H,33,36)(H,35,37). The summed E-state index contributed by atoms with van der Waals surface area (Å²) < 4.78 is 57.0. The second-order valence-electron chi connectivity index (χ2n) is 8.90. The lowest BCUT2D eigenvalue weighted by atomic mass is 9.94. The minimum atomic E-state index is -4.76. The van der Waals surface area contributed by atoms with E-state index in [2.05, 4.69) is 20.9 Å². The number of unbranched alkanes of at least 4 members (excludes halogenated alkanes) is 1. The number of nitrogens with zero attached hydrogens (tertiary/aromatic N) is 1. The number of hydrogen-bond acceptors (Lipinski definition) is 5. The van der Waals surface area contributed by atoms with Gasteiger partial charge in [0.05, 0.1) is 27.9 Å². The number of benzene rings is 2. The number of halogens is 4. The molecule has 1 aliphatic rings. The Kier molecular flexibility index (Phi) is 7.63. The molecule has 0 radical (unpaired) electrons. The van der Waals surface area contributed by atoms with Crippen LogP contribution in [-0.2, 0) is 6.18 Å². The van der Waals surface area contributed by atoms with Crippen LogP contribution in [0.4, 0.5) is 23.2 Å². The molecular formula is C26H27F4N5O2. The minimum Gasteiger partial charge on any atom is -0.387 e. The Labute approximate surface area is 210 Å². The summed E-state index contributed by atoms with van der Waals surface area (Å²) in [5.74, 6) is -1.99. The maximum absolute atomic E-state index is 14.9. The van der Waals surface area contributed by atoms with E-state index in [-0.39, 0.29) is 45.1 Å². The van der Waals surface area contributed by atoms with Crippen molar-refractivity contribution in [1.29, 1.82) is 0 Å². The highest BCUT2D eigenvalue weighted by molar-refractivity contribution is 6.08. The molecule has 3 aromatic rings. The van der Waals surface area contributed by atoms with Gasteiger partial charge in [-0.2, -0.15) is 13.2 Å². The summed E-state index contributed by atoms with van der Waals surface area (Å²) in [6.07, 6.45) is -0.468. The van der Waals surface area contributed by atoms with Crippen LogP contribution in [0.3, 0.4) is 0 Å². The number of rotatable bonds is 9. The molecular weight excluding hydrogens is 490 g/mol. The number of anilines is 1. The third-order valence-corrected chi connectivity index (χ3v) is 6.16. The maximum Gasteiger partial charge on any atom is 0.417 e. The first-order chi connectivity index (χ1) is 17.6. The number of aromatic nitrogens is 1. The van der Waals surface area contributed by atoms with E-state index in [1.165, 1.54) is 18.3 Å². The maximum atomic E-state index is 14.9. The van der Waals surface area contributed by atoms with Crippen molar-refractivity contribution in [2.45, 2.75) is 37.9 Å². The molecule has 1 fully saturated rings. The van der Waals surface area contributed by atoms with Crippen LogP contribution in [0.1, 0.15) is 52.0 Å². The SMILES string of the molecule is CNc1c(C(=O)NC2CC2)cnc2cc(C(F)(F)F)c(-c3ccc(C(=O)NCCCCN)c(F)c3)cc12. The van der Waals surface area contributed by atoms with E-state index < -0.39 is 23.5 Å². The number of nitrogens with two attached hydrogens (primary N) is 1. The van der Waals surface area contributed by atoms with E-state index in [0.717, 1.165) is 31.0 Å². The largest absolute Gasteiger partial charge is 0.417 e. The van der Waals surface area contributed by atoms with E-state index in [1.54, 1.807) is 7.05 Å². The molecule has 0 spiro atoms. The molecule has 0 unspecified atom stereocenters. The van der Waals surface area contributed by atoms with Crippen LogP contribution in [0.25, 0.3) is 22.0 Å². The van der Waals surface area contributed by atoms with Gasteiger partial charge in [0.15, 0.2) is 0 Å². The number of carbonyl (C=O) groups is 2. The zero-order valence-electron chi connectivity index (χ0n) is 20.1. The van der Waals surface area contributed by atoms with Gasteiger partial charge < -0.3 is 21.7 Å². The third kappa shape index (κ3) is 5.82. The topological polar surface area (TPSA) is 109 Å². The van der Waals surface area contributed by atoms with Crippen molar-refractivity contribution in [3.05, 3.63) is 59.0 Å². The highest BCUT2D eigenvalue weighted by atomic mass is 19.4. The van der Waals surface area contributed by atoms with Crippen LogP contribution in [0.2, 0.25) is 0 Å². The van der Waals surface area contributed by atoms with E-state index in [4.69, 9.17) is 5.73 Å². The van der Waals surface area contributed by atoms with Gasteiger partial charge >= 0.3 is 6.18 Å². The first-order valence-electron chi connectivity index (χ1n) is 11.9. The minimum absolute atomic E-state index is 0.0253. The van der Waals surface area contributed by atoms with Crippen LogP contribution in [0, 0.1) is 5.82 Å². The number of carbonyl (C=O) groups excluding carboxylic acids is 2. The molecule has 11 heteroatoms. The molecule has 1 aromatic heterocycles. The van der Waals surface area contributed by atoms with E-state index in [9.17, 15) is 27.2 Å². The molecule has 2 amide bonds. The Hall–Kier alpha value is -3.73. The molecule has 0 bridgehead atoms. The number of alkyl halides is 3. The van der Waals surface area contributed by atoms with Crippen molar-refractivity contribution in [1.82, 2.24) is 15.6 Å². The Morgan fingerprint density at radius 3 is 2.46 bits per heavy atom. The van der Waals surface area contributed by atoms with Gasteiger partial charge in [-0.15, -0.1) is 0 Å². The van der Waals surface area contributed by atoms with E-state index >= 15 is 0 Å². The van der Waals surface area contributed by atoms with Gasteiger partial charge in [-0.05, 0) is 67.6 Å². The molecule has 7 nitrogen and oxygen atoms in total. The molecule has 37 heavy (non-hydrogen) atoms. The molecule has 4 rings (SSSR count). The zero-order valence-corrected chi connectivity index (χ0v) is 20.1. The van der Waals surface area contributed by atoms with Gasteiger partial charge in [-0.1, -0.05) is 6.07 Å². The molecule has 0 saturated heterocycles. The van der Waals surface area contributed by atoms with Gasteiger partial charge in [0.2, 0.25) is 0 Å². The van der Waals surface area contributed by atoms with Crippen molar-refractivity contribution in [2.24, 2.45) is 5.73 Å². The lowest BCUT2D eigenvalue weighted by Crippen LogP contribution is -2.26. The molecule has 5 N–H and O–H groups in total. The number of nitrogens with one attached hydrogen (secondary N) is 3. The van der Waals surface area contributed by atoms with Crippen LogP contribution in [0.5, 0.6) is 0 Å². The fraction of sp³-hybridized carbons (Fsp3) is 0.346. The first-order valence-corrected chi connectivity index (χ1v) is 11.9. The quantitative estimate of drug-likeness (QED) is 0.248. The molecule has 1 aliphatic carbocycles. The van der Waals surface area contributed by atoms with Gasteiger partial charge in [0.25, 0.3) is 11.8 Å². The second kappa shape index (κ2) is 10.7. The summed E-state index contributed by atoms with van der Waals surface area (Å²) in [5.41, 5.74) is 4.29. The van der Waals surface area contributed by atoms with Crippen molar-refractivity contribution < 1.29 is 27.2 Å². The van der Waals surface area contributed by atoms with Crippen molar-refractivity contribution >= 4 is 28.4 Å². The lowest BCUT2D eigenvalue weighted by Gasteiger charge is -2.18. The van der Waals surface area contributed by atoms with Crippen molar-refractivity contribution in [3.8, 4) is 11.1 Å². The van der Waals surface area contributed by atoms with Crippen LogP contribution >= 0.6 is 0 Å². The Morgan fingerprint density at radius 2 is 1.84 bits per heavy atom. The summed E-state index contributed by atoms with van der Waals surface area (Å²) in [4.78, 5) is 29.1. The van der Waals surface area contributed by atoms with E-state index in [1.807, 2.05) is 0 Å². The summed E-state index contributed by atoms with van der Waals surface area (Å²) in [7, 11) is 1.56. The van der Waals surface area contributed by atoms with Crippen LogP contribution < -0.4 is 21.7 Å². The molecule has 1 heterocycles. The van der Waals surface area contributed by atoms with Gasteiger partial charge in [-0.3, -0.25) is 14.6 Å². The third-order valence-electron chi connectivity index (χ3n) is 6.16. The van der Waals surface area contributed by atoms with Gasteiger partial charge in [0.1, 0.15) is 5.82 Å². The molecule has 2 aromatic carbocycles. The number of pyridine rings is 1. The lowest BCUT2D eigenvalue weighted by molar-refractivity contribution is -0.137. The molecule has 0 aliphatic heterocycles. The average molecular weight is 518 g/mol. The normalized spacial score (nSPS) is 13.5. The second-order valence-corrected chi connectivity index (χ2v) is 8.90. The monoisotopic (exact) mass is 517 g/mol. The highest BCUT2D eigenvalue weighted by Gasteiger charge is 2.35. The fourth-order valence-electron chi connectivity index (χ4n) is 4.08. The van der Waals surface area contributed by atoms with Crippen LogP contribution in [0.15, 0.2) is 36.5 Å². The predicted octanol–water partition coefficient (Wildman–Crippen LogP) is 4.46. The molecule has 1 saturated carbocycles. The smallest absolute Gasteiger partial charge is 0.387 e. The summed E-state index contributed by atoms with van der Waals surface area (Å²) in [5, 5.41) is 8.59. The number of fused-ring (bicyclic) bond motifs is 1. The highest BCUT2D eigenvalue weighted by Crippen LogP contribution is 2.41. The molecule has 0 atom stereocenters. The average Bonchev–Trinajstić information content (AvgIpc) is 3.68. The number of amides is 2. The predicted molar refractivity (Wildman–Crippen MR) is 133 cm³/mol. The Balaban J connectivity index is 1.77. The Morgan fingerprint density at radius 1 is 1.08 bits per heavy atom. The summed E-state index contributed by atoms with van der Waals surface area (Å²) >= 11 is 0. The van der Waals surface area contributed by atoms with Crippen molar-refractivity contribution in [2.75, 3.05) is 25.5 Å². The first kappa shape index (κ1) is 26.3. The summed E-state index contributed by atoms with van der Waals surface area (Å²) in [6.45, 7) is 0.764. The van der Waals surface area contributed by atoms with Gasteiger partial charge in [-0.25, -0.2) is 4.39 Å². The zero-order chi connectivity index (χ0) is 26.7. The van der Waals surface area contributed by atoms with E-state index in [0.29, 0.717) is 31.6 Å². The molecule has 196 valence electrons. The fourth-order valence-corrected chi connectivity index (χ4v) is 4.08. The number of hydrogen-bond donors (Lipinski definition) is 4. The summed E-state index contributed by atoms with van der Waals surface area (Å²) in [6, 6.07) is 5.53.